The zero-order valence-electron chi connectivity index (χ0n) is 12.0. The molecule has 0 N–H and O–H groups in total. The molecule has 3 aromatic rings. The van der Waals surface area contributed by atoms with E-state index in [4.69, 9.17) is 0 Å². The van der Waals surface area contributed by atoms with Gasteiger partial charge in [-0.1, -0.05) is 74.0 Å². The van der Waals surface area contributed by atoms with Crippen LogP contribution in [-0.4, -0.2) is 0 Å². The molecule has 0 radical (unpaired) electrons. The molecule has 3 rings (SSSR count). The SMILES string of the molecule is CCCCc1cc(-c2ccccc2)cc2ccccc12. The minimum absolute atomic E-state index is 1.16. The quantitative estimate of drug-likeness (QED) is 0.552. The molecule has 0 heteroatoms. The lowest BCUT2D eigenvalue weighted by Gasteiger charge is -2.10. The van der Waals surface area contributed by atoms with Crippen molar-refractivity contribution in [3.8, 4) is 11.1 Å². The predicted octanol–water partition coefficient (Wildman–Crippen LogP) is 5.85. The first-order valence-corrected chi connectivity index (χ1v) is 7.45. The summed E-state index contributed by atoms with van der Waals surface area (Å²) >= 11 is 0. The van der Waals surface area contributed by atoms with Gasteiger partial charge in [0, 0.05) is 0 Å². The van der Waals surface area contributed by atoms with Gasteiger partial charge in [0.25, 0.3) is 0 Å². The molecule has 0 aliphatic rings. The molecule has 0 bridgehead atoms. The predicted molar refractivity (Wildman–Crippen MR) is 88.0 cm³/mol. The second-order valence-electron chi connectivity index (χ2n) is 5.33. The summed E-state index contributed by atoms with van der Waals surface area (Å²) in [5, 5.41) is 2.75. The minimum Gasteiger partial charge on any atom is -0.0654 e. The molecule has 0 atom stereocenters. The van der Waals surface area contributed by atoms with E-state index in [1.54, 1.807) is 0 Å². The average Bonchev–Trinajstić information content (AvgIpc) is 2.53. The van der Waals surface area contributed by atoms with Crippen molar-refractivity contribution in [2.24, 2.45) is 0 Å². The normalized spacial score (nSPS) is 10.8. The van der Waals surface area contributed by atoms with Gasteiger partial charge in [-0.25, -0.2) is 0 Å². The summed E-state index contributed by atoms with van der Waals surface area (Å²) in [6.07, 6.45) is 3.66. The van der Waals surface area contributed by atoms with Crippen LogP contribution in [0.4, 0.5) is 0 Å². The van der Waals surface area contributed by atoms with E-state index in [2.05, 4.69) is 73.7 Å². The Hall–Kier alpha value is -2.08. The third-order valence-corrected chi connectivity index (χ3v) is 3.85. The molecule has 0 fully saturated rings. The molecule has 0 heterocycles. The van der Waals surface area contributed by atoms with Crippen LogP contribution in [0.3, 0.4) is 0 Å². The molecule has 0 aromatic heterocycles. The van der Waals surface area contributed by atoms with Crippen LogP contribution in [0.1, 0.15) is 25.3 Å². The highest BCUT2D eigenvalue weighted by molar-refractivity contribution is 5.90. The van der Waals surface area contributed by atoms with E-state index in [9.17, 15) is 0 Å². The van der Waals surface area contributed by atoms with Gasteiger partial charge < -0.3 is 0 Å². The fourth-order valence-electron chi connectivity index (χ4n) is 2.76. The van der Waals surface area contributed by atoms with Crippen LogP contribution < -0.4 is 0 Å². The van der Waals surface area contributed by atoms with Gasteiger partial charge in [-0.3, -0.25) is 0 Å². The molecule has 20 heavy (non-hydrogen) atoms. The van der Waals surface area contributed by atoms with E-state index in [1.165, 1.54) is 40.3 Å². The highest BCUT2D eigenvalue weighted by atomic mass is 14.1. The average molecular weight is 260 g/mol. The summed E-state index contributed by atoms with van der Waals surface area (Å²) in [4.78, 5) is 0. The lowest BCUT2D eigenvalue weighted by Crippen LogP contribution is -1.89. The van der Waals surface area contributed by atoms with Gasteiger partial charge in [0.15, 0.2) is 0 Å². The molecule has 0 spiro atoms. The molecular formula is C20H20. The lowest BCUT2D eigenvalue weighted by atomic mass is 9.94. The summed E-state index contributed by atoms with van der Waals surface area (Å²) in [5.41, 5.74) is 4.11. The number of rotatable bonds is 4. The third-order valence-electron chi connectivity index (χ3n) is 3.85. The molecule has 3 aromatic carbocycles. The van der Waals surface area contributed by atoms with Crippen molar-refractivity contribution in [3.63, 3.8) is 0 Å². The molecule has 0 amide bonds. The highest BCUT2D eigenvalue weighted by Crippen LogP contribution is 2.28. The second kappa shape index (κ2) is 5.92. The molecular weight excluding hydrogens is 240 g/mol. The second-order valence-corrected chi connectivity index (χ2v) is 5.33. The fourth-order valence-corrected chi connectivity index (χ4v) is 2.76. The lowest BCUT2D eigenvalue weighted by molar-refractivity contribution is 0.799. The summed E-state index contributed by atoms with van der Waals surface area (Å²) in [7, 11) is 0. The van der Waals surface area contributed by atoms with Gasteiger partial charge in [0.05, 0.1) is 0 Å². The van der Waals surface area contributed by atoms with Gasteiger partial charge in [0.2, 0.25) is 0 Å². The number of fused-ring (bicyclic) bond motifs is 1. The van der Waals surface area contributed by atoms with Gasteiger partial charge >= 0.3 is 0 Å². The number of aryl methyl sites for hydroxylation is 1. The number of benzene rings is 3. The topological polar surface area (TPSA) is 0 Å². The zero-order chi connectivity index (χ0) is 13.8. The van der Waals surface area contributed by atoms with Crippen molar-refractivity contribution in [2.45, 2.75) is 26.2 Å². The number of hydrogen-bond acceptors (Lipinski definition) is 0. The van der Waals surface area contributed by atoms with Gasteiger partial charge in [0.1, 0.15) is 0 Å². The Morgan fingerprint density at radius 2 is 1.50 bits per heavy atom. The summed E-state index contributed by atoms with van der Waals surface area (Å²) < 4.78 is 0. The van der Waals surface area contributed by atoms with Crippen LogP contribution in [0.2, 0.25) is 0 Å². The first kappa shape index (κ1) is 12.9. The van der Waals surface area contributed by atoms with Crippen molar-refractivity contribution in [2.75, 3.05) is 0 Å². The van der Waals surface area contributed by atoms with E-state index in [1.807, 2.05) is 0 Å². The molecule has 0 saturated heterocycles. The summed E-state index contributed by atoms with van der Waals surface area (Å²) in [6.45, 7) is 2.25. The fraction of sp³-hybridized carbons (Fsp3) is 0.200. The van der Waals surface area contributed by atoms with E-state index in [0.29, 0.717) is 0 Å². The molecule has 0 aliphatic heterocycles. The van der Waals surface area contributed by atoms with Gasteiger partial charge in [-0.15, -0.1) is 0 Å². The Kier molecular flexibility index (Phi) is 3.83. The van der Waals surface area contributed by atoms with Crippen LogP contribution in [0.25, 0.3) is 21.9 Å². The third kappa shape index (κ3) is 2.60. The van der Waals surface area contributed by atoms with Crippen molar-refractivity contribution in [1.82, 2.24) is 0 Å². The van der Waals surface area contributed by atoms with Gasteiger partial charge in [-0.2, -0.15) is 0 Å². The summed E-state index contributed by atoms with van der Waals surface area (Å²) in [5.74, 6) is 0. The Balaban J connectivity index is 2.14. The Labute approximate surface area is 121 Å². The maximum atomic E-state index is 2.37. The van der Waals surface area contributed by atoms with Crippen LogP contribution in [0, 0.1) is 0 Å². The van der Waals surface area contributed by atoms with E-state index in [0.717, 1.165) is 6.42 Å². The highest BCUT2D eigenvalue weighted by Gasteiger charge is 2.05. The molecule has 0 saturated carbocycles. The molecule has 0 nitrogen and oxygen atoms in total. The van der Waals surface area contributed by atoms with Crippen LogP contribution >= 0.6 is 0 Å². The molecule has 0 unspecified atom stereocenters. The number of hydrogen-bond donors (Lipinski definition) is 0. The minimum atomic E-state index is 1.16. The van der Waals surface area contributed by atoms with Crippen molar-refractivity contribution < 1.29 is 0 Å². The van der Waals surface area contributed by atoms with Gasteiger partial charge in [-0.05, 0) is 46.4 Å². The Bertz CT molecular complexity index is 696. The van der Waals surface area contributed by atoms with Crippen LogP contribution in [0.15, 0.2) is 66.7 Å². The van der Waals surface area contributed by atoms with Crippen molar-refractivity contribution in [3.05, 3.63) is 72.3 Å². The van der Waals surface area contributed by atoms with E-state index >= 15 is 0 Å². The largest absolute Gasteiger partial charge is 0.0654 e. The van der Waals surface area contributed by atoms with Crippen LogP contribution in [0.5, 0.6) is 0 Å². The maximum absolute atomic E-state index is 2.37. The maximum Gasteiger partial charge on any atom is -0.0151 e. The first-order valence-electron chi connectivity index (χ1n) is 7.45. The Morgan fingerprint density at radius 3 is 2.30 bits per heavy atom. The Morgan fingerprint density at radius 1 is 0.750 bits per heavy atom. The summed E-state index contributed by atoms with van der Waals surface area (Å²) in [6, 6.07) is 24.1. The molecule has 100 valence electrons. The zero-order valence-corrected chi connectivity index (χ0v) is 12.0. The molecule has 0 aliphatic carbocycles. The monoisotopic (exact) mass is 260 g/mol. The standard InChI is InChI=1S/C20H20/c1-2-3-9-17-14-19(16-10-5-4-6-11-16)15-18-12-7-8-13-20(17)18/h4-8,10-15H,2-3,9H2,1H3. The van der Waals surface area contributed by atoms with Crippen LogP contribution in [-0.2, 0) is 6.42 Å². The van der Waals surface area contributed by atoms with E-state index < -0.39 is 0 Å². The first-order chi connectivity index (χ1) is 9.88. The van der Waals surface area contributed by atoms with Crippen molar-refractivity contribution in [1.29, 1.82) is 0 Å². The number of unbranched alkanes of at least 4 members (excludes halogenated alkanes) is 1. The van der Waals surface area contributed by atoms with Crippen molar-refractivity contribution >= 4 is 10.8 Å². The smallest absolute Gasteiger partial charge is 0.0151 e. The van der Waals surface area contributed by atoms with E-state index in [-0.39, 0.29) is 0 Å².